The number of sulfonamides is 1. The molecule has 0 unspecified atom stereocenters. The largest absolute Gasteiger partial charge is 0.339 e. The number of rotatable bonds is 7. The second kappa shape index (κ2) is 10.1. The first-order valence-electron chi connectivity index (χ1n) is 8.51. The smallest absolute Gasteiger partial charge is 0.286 e. The average molecular weight is 433 g/mol. The van der Waals surface area contributed by atoms with Crippen LogP contribution >= 0.6 is 11.8 Å². The van der Waals surface area contributed by atoms with Crippen LogP contribution in [-0.2, 0) is 10.0 Å². The predicted octanol–water partition coefficient (Wildman–Crippen LogP) is 2.90. The molecule has 2 amide bonds. The van der Waals surface area contributed by atoms with Crippen LogP contribution in [0.5, 0.6) is 0 Å². The third-order valence-corrected chi connectivity index (χ3v) is 6.25. The zero-order valence-electron chi connectivity index (χ0n) is 15.9. The van der Waals surface area contributed by atoms with Crippen molar-refractivity contribution >= 4 is 38.6 Å². The average Bonchev–Trinajstić information content (AvgIpc) is 2.69. The van der Waals surface area contributed by atoms with Gasteiger partial charge >= 0.3 is 0 Å². The molecule has 0 atom stereocenters. The number of nitriles is 1. The number of carbonyl (C=O) groups excluding carboxylic acids is 2. The lowest BCUT2D eigenvalue weighted by atomic mass is 10.2. The Labute approximate surface area is 174 Å². The molecular weight excluding hydrogens is 412 g/mol. The molecule has 0 aromatic heterocycles. The van der Waals surface area contributed by atoms with Crippen molar-refractivity contribution in [1.82, 2.24) is 9.62 Å². The van der Waals surface area contributed by atoms with Crippen LogP contribution in [0.25, 0.3) is 0 Å². The Hall–Kier alpha value is -2.87. The maximum atomic E-state index is 12.5. The molecule has 0 aliphatic carbocycles. The molecule has 0 saturated carbocycles. The van der Waals surface area contributed by atoms with Crippen molar-refractivity contribution in [3.8, 4) is 6.07 Å². The first-order chi connectivity index (χ1) is 13.7. The Kier molecular flexibility index (Phi) is 7.78. The fourth-order valence-corrected chi connectivity index (χ4v) is 3.93. The Balaban J connectivity index is 2.13. The highest BCUT2D eigenvalue weighted by atomic mass is 32.2. The summed E-state index contributed by atoms with van der Waals surface area (Å²) in [7, 11) is -0.460. The predicted molar refractivity (Wildman–Crippen MR) is 111 cm³/mol. The first-order valence-corrected chi connectivity index (χ1v) is 10.8. The molecule has 0 aliphatic rings. The SMILES string of the molecule is CN(C)C(=O)Sc1ccccc1NC(=O)c1ccc(S(=O)(=O)NCCC#N)cc1. The zero-order valence-corrected chi connectivity index (χ0v) is 17.5. The van der Waals surface area contributed by atoms with Gasteiger partial charge in [-0.05, 0) is 48.2 Å². The molecule has 2 rings (SSSR count). The highest BCUT2D eigenvalue weighted by molar-refractivity contribution is 8.13. The van der Waals surface area contributed by atoms with Gasteiger partial charge in [-0.15, -0.1) is 0 Å². The molecule has 0 fully saturated rings. The molecule has 0 saturated heterocycles. The zero-order chi connectivity index (χ0) is 21.4. The van der Waals surface area contributed by atoms with E-state index in [2.05, 4.69) is 10.0 Å². The lowest BCUT2D eigenvalue weighted by molar-refractivity contribution is 0.102. The Morgan fingerprint density at radius 1 is 1.10 bits per heavy atom. The first kappa shape index (κ1) is 22.4. The highest BCUT2D eigenvalue weighted by Gasteiger charge is 2.16. The van der Waals surface area contributed by atoms with Crippen molar-refractivity contribution in [1.29, 1.82) is 5.26 Å². The highest BCUT2D eigenvalue weighted by Crippen LogP contribution is 2.29. The van der Waals surface area contributed by atoms with E-state index in [1.54, 1.807) is 38.4 Å². The number of carbonyl (C=O) groups is 2. The normalized spacial score (nSPS) is 10.8. The number of nitrogens with one attached hydrogen (secondary N) is 2. The molecular formula is C19H20N4O4S2. The van der Waals surface area contributed by atoms with Crippen LogP contribution in [0.1, 0.15) is 16.8 Å². The van der Waals surface area contributed by atoms with Gasteiger partial charge in [0.1, 0.15) is 0 Å². The molecule has 0 bridgehead atoms. The minimum absolute atomic E-state index is 0.000440. The number of nitrogens with zero attached hydrogens (tertiary/aromatic N) is 2. The molecule has 2 aromatic rings. The summed E-state index contributed by atoms with van der Waals surface area (Å²) in [6.45, 7) is 0.0151. The summed E-state index contributed by atoms with van der Waals surface area (Å²) in [5, 5.41) is 11.1. The van der Waals surface area contributed by atoms with E-state index in [4.69, 9.17) is 5.26 Å². The summed E-state index contributed by atoms with van der Waals surface area (Å²) in [6, 6.07) is 14.2. The van der Waals surface area contributed by atoms with Crippen molar-refractivity contribution in [3.63, 3.8) is 0 Å². The standard InChI is InChI=1S/C19H20N4O4S2/c1-23(2)19(25)28-17-7-4-3-6-16(17)22-18(24)14-8-10-15(11-9-14)29(26,27)21-13-5-12-20/h3-4,6-11,21H,5,13H2,1-2H3,(H,22,24). The number of anilines is 1. The van der Waals surface area contributed by atoms with Gasteiger partial charge in [0.05, 0.1) is 16.7 Å². The summed E-state index contributed by atoms with van der Waals surface area (Å²) in [6.07, 6.45) is 0.0630. The van der Waals surface area contributed by atoms with E-state index >= 15 is 0 Å². The van der Waals surface area contributed by atoms with E-state index in [1.165, 1.54) is 29.2 Å². The summed E-state index contributed by atoms with van der Waals surface area (Å²) in [5.41, 5.74) is 0.743. The van der Waals surface area contributed by atoms with Gasteiger partial charge in [-0.3, -0.25) is 9.59 Å². The van der Waals surface area contributed by atoms with E-state index in [0.29, 0.717) is 10.6 Å². The van der Waals surface area contributed by atoms with Crippen molar-refractivity contribution in [2.45, 2.75) is 16.2 Å². The number of amides is 2. The Morgan fingerprint density at radius 2 is 1.76 bits per heavy atom. The molecule has 0 spiro atoms. The van der Waals surface area contributed by atoms with E-state index in [1.807, 2.05) is 6.07 Å². The number of hydrogen-bond donors (Lipinski definition) is 2. The van der Waals surface area contributed by atoms with Crippen molar-refractivity contribution in [2.24, 2.45) is 0 Å². The van der Waals surface area contributed by atoms with Gasteiger partial charge in [-0.2, -0.15) is 5.26 Å². The summed E-state index contributed by atoms with van der Waals surface area (Å²) < 4.78 is 26.6. The summed E-state index contributed by atoms with van der Waals surface area (Å²) >= 11 is 0.993. The maximum absolute atomic E-state index is 12.5. The van der Waals surface area contributed by atoms with Crippen LogP contribution in [-0.4, -0.2) is 45.1 Å². The molecule has 0 aliphatic heterocycles. The third-order valence-electron chi connectivity index (χ3n) is 3.65. The second-order valence-electron chi connectivity index (χ2n) is 6.04. The fraction of sp³-hybridized carbons (Fsp3) is 0.211. The summed E-state index contributed by atoms with van der Waals surface area (Å²) in [4.78, 5) is 26.5. The van der Waals surface area contributed by atoms with Gasteiger partial charge < -0.3 is 10.2 Å². The van der Waals surface area contributed by atoms with Crippen LogP contribution in [0.2, 0.25) is 0 Å². The lowest BCUT2D eigenvalue weighted by Crippen LogP contribution is -2.24. The van der Waals surface area contributed by atoms with Gasteiger partial charge in [-0.25, -0.2) is 13.1 Å². The Morgan fingerprint density at radius 3 is 2.38 bits per heavy atom. The van der Waals surface area contributed by atoms with E-state index < -0.39 is 15.9 Å². The molecule has 8 nitrogen and oxygen atoms in total. The minimum atomic E-state index is -3.74. The van der Waals surface area contributed by atoms with Gasteiger partial charge in [0.2, 0.25) is 10.0 Å². The van der Waals surface area contributed by atoms with Crippen molar-refractivity contribution in [2.75, 3.05) is 26.0 Å². The number of thioether (sulfide) groups is 1. The molecule has 0 radical (unpaired) electrons. The molecule has 0 heterocycles. The van der Waals surface area contributed by atoms with Crippen molar-refractivity contribution < 1.29 is 18.0 Å². The van der Waals surface area contributed by atoms with Gasteiger partial charge in [0, 0.05) is 37.5 Å². The number of benzene rings is 2. The fourth-order valence-electron chi connectivity index (χ4n) is 2.15. The van der Waals surface area contributed by atoms with Gasteiger partial charge in [0.15, 0.2) is 0 Å². The topological polar surface area (TPSA) is 119 Å². The summed E-state index contributed by atoms with van der Waals surface area (Å²) in [5.74, 6) is -0.434. The van der Waals surface area contributed by atoms with E-state index in [-0.39, 0.29) is 28.7 Å². The minimum Gasteiger partial charge on any atom is -0.339 e. The quantitative estimate of drug-likeness (QED) is 0.513. The van der Waals surface area contributed by atoms with Crippen LogP contribution in [0, 0.1) is 11.3 Å². The number of hydrogen-bond acceptors (Lipinski definition) is 6. The van der Waals surface area contributed by atoms with Crippen LogP contribution in [0.15, 0.2) is 58.3 Å². The molecule has 2 aromatic carbocycles. The van der Waals surface area contributed by atoms with Crippen molar-refractivity contribution in [3.05, 3.63) is 54.1 Å². The van der Waals surface area contributed by atoms with Crippen LogP contribution in [0.4, 0.5) is 10.5 Å². The van der Waals surface area contributed by atoms with E-state index in [0.717, 1.165) is 11.8 Å². The Bertz CT molecular complexity index is 1030. The maximum Gasteiger partial charge on any atom is 0.286 e. The molecule has 10 heteroatoms. The number of para-hydroxylation sites is 1. The van der Waals surface area contributed by atoms with Crippen LogP contribution < -0.4 is 10.0 Å². The molecule has 2 N–H and O–H groups in total. The second-order valence-corrected chi connectivity index (χ2v) is 8.80. The van der Waals surface area contributed by atoms with Gasteiger partial charge in [-0.1, -0.05) is 12.1 Å². The third kappa shape index (κ3) is 6.32. The van der Waals surface area contributed by atoms with Gasteiger partial charge in [0.25, 0.3) is 11.1 Å². The van der Waals surface area contributed by atoms with Crippen LogP contribution in [0.3, 0.4) is 0 Å². The molecule has 152 valence electrons. The monoisotopic (exact) mass is 432 g/mol. The van der Waals surface area contributed by atoms with E-state index in [9.17, 15) is 18.0 Å². The lowest BCUT2D eigenvalue weighted by Gasteiger charge is -2.13. The molecule has 29 heavy (non-hydrogen) atoms.